The Kier molecular flexibility index (Phi) is 2.33. The van der Waals surface area contributed by atoms with E-state index in [0.29, 0.717) is 0 Å². The van der Waals surface area contributed by atoms with Gasteiger partial charge in [0.05, 0.1) is 5.71 Å². The molecule has 0 fully saturated rings. The molecule has 0 saturated heterocycles. The van der Waals surface area contributed by atoms with Crippen LogP contribution < -0.4 is 0 Å². The molecular weight excluding hydrogens is 198 g/mol. The van der Waals surface area contributed by atoms with Crippen molar-refractivity contribution in [3.8, 4) is 0 Å². The maximum absolute atomic E-state index is 9.17. The quantitative estimate of drug-likeness (QED) is 0.523. The van der Waals surface area contributed by atoms with Crippen molar-refractivity contribution < 1.29 is 5.21 Å². The number of fused-ring (bicyclic) bond motifs is 1. The molecule has 0 saturated carbocycles. The Hall–Kier alpha value is -1.31. The maximum atomic E-state index is 9.17. The van der Waals surface area contributed by atoms with Crippen molar-refractivity contribution in [2.45, 2.75) is 44.9 Å². The molecule has 2 rings (SSSR count). The first-order valence-corrected chi connectivity index (χ1v) is 5.71. The minimum Gasteiger partial charge on any atom is -0.411 e. The smallest absolute Gasteiger partial charge is 0.0679 e. The lowest BCUT2D eigenvalue weighted by Crippen LogP contribution is -2.42. The van der Waals surface area contributed by atoms with Crippen molar-refractivity contribution in [1.82, 2.24) is 0 Å². The number of rotatable bonds is 0. The Balaban J connectivity index is 2.70. The number of benzene rings is 1. The molecule has 1 aromatic rings. The minimum atomic E-state index is -0.166. The van der Waals surface area contributed by atoms with E-state index >= 15 is 0 Å². The van der Waals surface area contributed by atoms with Gasteiger partial charge in [-0.15, -0.1) is 0 Å². The summed E-state index contributed by atoms with van der Waals surface area (Å²) in [5, 5.41) is 12.7. The van der Waals surface area contributed by atoms with Gasteiger partial charge in [0.15, 0.2) is 0 Å². The molecule has 1 aromatic carbocycles. The molecule has 0 radical (unpaired) electrons. The van der Waals surface area contributed by atoms with E-state index in [4.69, 9.17) is 0 Å². The van der Waals surface area contributed by atoms with Crippen LogP contribution in [-0.2, 0) is 10.8 Å². The van der Waals surface area contributed by atoms with E-state index in [9.17, 15) is 5.21 Å². The summed E-state index contributed by atoms with van der Waals surface area (Å²) in [5.41, 5.74) is 3.40. The molecular formula is C14H19NO. The lowest BCUT2D eigenvalue weighted by atomic mass is 9.62. The highest BCUT2D eigenvalue weighted by Crippen LogP contribution is 2.43. The standard InChI is InChI=1S/C14H19NO/c1-13(2)9-12(15-16)14(3,4)11-8-6-5-7-10(11)13/h5-8,16H,9H2,1-4H3/b15-12-. The highest BCUT2D eigenvalue weighted by molar-refractivity contribution is 5.97. The SMILES string of the molecule is CC1(C)C/C(=N/O)C(C)(C)c2ccccc21. The third kappa shape index (κ3) is 1.44. The zero-order valence-electron chi connectivity index (χ0n) is 10.4. The summed E-state index contributed by atoms with van der Waals surface area (Å²) < 4.78 is 0. The van der Waals surface area contributed by atoms with Gasteiger partial charge in [-0.25, -0.2) is 0 Å². The van der Waals surface area contributed by atoms with Gasteiger partial charge in [-0.1, -0.05) is 57.1 Å². The number of hydrogen-bond acceptors (Lipinski definition) is 2. The van der Waals surface area contributed by atoms with E-state index < -0.39 is 0 Å². The highest BCUT2D eigenvalue weighted by Gasteiger charge is 2.41. The van der Waals surface area contributed by atoms with Crippen LogP contribution in [0.15, 0.2) is 29.4 Å². The van der Waals surface area contributed by atoms with Crippen LogP contribution in [0.3, 0.4) is 0 Å². The van der Waals surface area contributed by atoms with Crippen molar-refractivity contribution >= 4 is 5.71 Å². The molecule has 2 heteroatoms. The number of oxime groups is 1. The molecule has 0 heterocycles. The van der Waals surface area contributed by atoms with Gasteiger partial charge in [0, 0.05) is 5.41 Å². The number of nitrogens with zero attached hydrogens (tertiary/aromatic N) is 1. The van der Waals surface area contributed by atoms with E-state index in [1.807, 2.05) is 0 Å². The summed E-state index contributed by atoms with van der Waals surface area (Å²) in [5.74, 6) is 0. The molecule has 0 bridgehead atoms. The second-order valence-electron chi connectivity index (χ2n) is 5.78. The van der Waals surface area contributed by atoms with Gasteiger partial charge in [0.25, 0.3) is 0 Å². The predicted octanol–water partition coefficient (Wildman–Crippen LogP) is 3.48. The molecule has 0 aromatic heterocycles. The summed E-state index contributed by atoms with van der Waals surface area (Å²) >= 11 is 0. The first kappa shape index (κ1) is 11.2. The van der Waals surface area contributed by atoms with Crippen LogP contribution in [0.5, 0.6) is 0 Å². The molecule has 86 valence electrons. The second-order valence-corrected chi connectivity index (χ2v) is 5.78. The molecule has 16 heavy (non-hydrogen) atoms. The molecule has 1 aliphatic carbocycles. The van der Waals surface area contributed by atoms with E-state index in [2.05, 4.69) is 57.1 Å². The van der Waals surface area contributed by atoms with Gasteiger partial charge >= 0.3 is 0 Å². The summed E-state index contributed by atoms with van der Waals surface area (Å²) in [6, 6.07) is 8.46. The molecule has 0 unspecified atom stereocenters. The van der Waals surface area contributed by atoms with Crippen LogP contribution in [0.4, 0.5) is 0 Å². The molecule has 1 N–H and O–H groups in total. The van der Waals surface area contributed by atoms with Crippen LogP contribution in [-0.4, -0.2) is 10.9 Å². The number of hydrogen-bond donors (Lipinski definition) is 1. The predicted molar refractivity (Wildman–Crippen MR) is 66.3 cm³/mol. The Bertz CT molecular complexity index is 444. The van der Waals surface area contributed by atoms with Crippen LogP contribution in [0, 0.1) is 0 Å². The Morgan fingerprint density at radius 2 is 1.62 bits per heavy atom. The fourth-order valence-electron chi connectivity index (χ4n) is 2.67. The van der Waals surface area contributed by atoms with Crippen molar-refractivity contribution in [2.75, 3.05) is 0 Å². The van der Waals surface area contributed by atoms with Crippen molar-refractivity contribution in [3.05, 3.63) is 35.4 Å². The zero-order chi connectivity index (χ0) is 12.0. The second kappa shape index (κ2) is 3.34. The third-order valence-corrected chi connectivity index (χ3v) is 3.78. The first-order valence-electron chi connectivity index (χ1n) is 5.71. The lowest BCUT2D eigenvalue weighted by molar-refractivity contribution is 0.307. The van der Waals surface area contributed by atoms with Crippen LogP contribution in [0.2, 0.25) is 0 Å². The summed E-state index contributed by atoms with van der Waals surface area (Å²) in [6.07, 6.45) is 0.813. The van der Waals surface area contributed by atoms with E-state index in [1.54, 1.807) is 0 Å². The van der Waals surface area contributed by atoms with Crippen molar-refractivity contribution in [3.63, 3.8) is 0 Å². The van der Waals surface area contributed by atoms with Gasteiger partial charge in [-0.05, 0) is 23.0 Å². The summed E-state index contributed by atoms with van der Waals surface area (Å²) in [7, 11) is 0. The molecule has 0 atom stereocenters. The molecule has 1 aliphatic rings. The summed E-state index contributed by atoms with van der Waals surface area (Å²) in [4.78, 5) is 0. The van der Waals surface area contributed by atoms with Gasteiger partial charge in [-0.3, -0.25) is 0 Å². The largest absolute Gasteiger partial charge is 0.411 e. The lowest BCUT2D eigenvalue weighted by Gasteiger charge is -2.42. The fraction of sp³-hybridized carbons (Fsp3) is 0.500. The van der Waals surface area contributed by atoms with Crippen LogP contribution >= 0.6 is 0 Å². The topological polar surface area (TPSA) is 32.6 Å². The minimum absolute atomic E-state index is 0.0493. The highest BCUT2D eigenvalue weighted by atomic mass is 16.4. The normalized spacial score (nSPS) is 24.1. The van der Waals surface area contributed by atoms with E-state index in [0.717, 1.165) is 12.1 Å². The van der Waals surface area contributed by atoms with Gasteiger partial charge in [0.1, 0.15) is 0 Å². The van der Waals surface area contributed by atoms with Crippen molar-refractivity contribution in [2.24, 2.45) is 5.16 Å². The molecule has 0 spiro atoms. The van der Waals surface area contributed by atoms with Crippen LogP contribution in [0.1, 0.15) is 45.2 Å². The maximum Gasteiger partial charge on any atom is 0.0679 e. The Labute approximate surface area is 97.0 Å². The molecule has 2 nitrogen and oxygen atoms in total. The monoisotopic (exact) mass is 217 g/mol. The third-order valence-electron chi connectivity index (χ3n) is 3.78. The first-order chi connectivity index (χ1) is 7.39. The summed E-state index contributed by atoms with van der Waals surface area (Å²) in [6.45, 7) is 8.64. The van der Waals surface area contributed by atoms with Crippen LogP contribution in [0.25, 0.3) is 0 Å². The van der Waals surface area contributed by atoms with E-state index in [1.165, 1.54) is 11.1 Å². The van der Waals surface area contributed by atoms with Gasteiger partial charge in [-0.2, -0.15) is 0 Å². The average molecular weight is 217 g/mol. The Morgan fingerprint density at radius 1 is 1.06 bits per heavy atom. The van der Waals surface area contributed by atoms with Gasteiger partial charge < -0.3 is 5.21 Å². The molecule has 0 aliphatic heterocycles. The molecule has 0 amide bonds. The van der Waals surface area contributed by atoms with E-state index in [-0.39, 0.29) is 10.8 Å². The van der Waals surface area contributed by atoms with Gasteiger partial charge in [0.2, 0.25) is 0 Å². The fourth-order valence-corrected chi connectivity index (χ4v) is 2.67. The Morgan fingerprint density at radius 3 is 2.19 bits per heavy atom. The average Bonchev–Trinajstić information content (AvgIpc) is 2.24. The van der Waals surface area contributed by atoms with Crippen molar-refractivity contribution in [1.29, 1.82) is 0 Å². The zero-order valence-corrected chi connectivity index (χ0v) is 10.4.